The molecule has 1 aromatic heterocycles. The predicted molar refractivity (Wildman–Crippen MR) is 99.9 cm³/mol. The zero-order valence-corrected chi connectivity index (χ0v) is 15.9. The number of Topliss-reactive ketones (excluding diaryl/α,β-unsaturated/α-hetero) is 1. The van der Waals surface area contributed by atoms with Gasteiger partial charge in [0.15, 0.2) is 0 Å². The van der Waals surface area contributed by atoms with Gasteiger partial charge < -0.3 is 19.2 Å². The summed E-state index contributed by atoms with van der Waals surface area (Å²) in [5.74, 6) is -1.42. The van der Waals surface area contributed by atoms with Gasteiger partial charge in [0.05, 0.1) is 18.3 Å². The van der Waals surface area contributed by atoms with Crippen LogP contribution in [-0.2, 0) is 14.3 Å². The molecule has 1 aromatic carbocycles. The number of furan rings is 1. The third-order valence-electron chi connectivity index (χ3n) is 4.47. The standard InChI is InChI=1S/C21H22FNO5/c1-12(2)27-11-10-23-18(16-9-4-13(3)28-16)17(20(25)21(23)26)19(24)14-5-7-15(22)8-6-14/h4-9,12,18,24H,10-11H2,1-3H3/b19-17-. The zero-order valence-electron chi connectivity index (χ0n) is 15.9. The van der Waals surface area contributed by atoms with Crippen molar-refractivity contribution in [3.63, 3.8) is 0 Å². The summed E-state index contributed by atoms with van der Waals surface area (Å²) >= 11 is 0. The summed E-state index contributed by atoms with van der Waals surface area (Å²) < 4.78 is 24.4. The van der Waals surface area contributed by atoms with Crippen molar-refractivity contribution < 1.29 is 28.2 Å². The minimum atomic E-state index is -0.880. The largest absolute Gasteiger partial charge is 0.507 e. The van der Waals surface area contributed by atoms with Crippen molar-refractivity contribution >= 4 is 17.4 Å². The first kappa shape index (κ1) is 19.8. The number of aryl methyl sites for hydroxylation is 1. The van der Waals surface area contributed by atoms with Gasteiger partial charge in [-0.05, 0) is 57.2 Å². The Morgan fingerprint density at radius 3 is 2.46 bits per heavy atom. The van der Waals surface area contributed by atoms with E-state index in [-0.39, 0.29) is 36.2 Å². The zero-order chi connectivity index (χ0) is 20.4. The van der Waals surface area contributed by atoms with Crippen LogP contribution in [0.3, 0.4) is 0 Å². The normalized spacial score (nSPS) is 19.0. The van der Waals surface area contributed by atoms with Gasteiger partial charge in [-0.25, -0.2) is 4.39 Å². The molecule has 2 heterocycles. The lowest BCUT2D eigenvalue weighted by atomic mass is 9.99. The Labute approximate surface area is 162 Å². The molecule has 6 nitrogen and oxygen atoms in total. The van der Waals surface area contributed by atoms with Crippen LogP contribution in [0, 0.1) is 12.7 Å². The lowest BCUT2D eigenvalue weighted by Gasteiger charge is -2.23. The van der Waals surface area contributed by atoms with E-state index in [9.17, 15) is 19.1 Å². The van der Waals surface area contributed by atoms with Crippen molar-refractivity contribution in [3.05, 3.63) is 64.9 Å². The molecule has 28 heavy (non-hydrogen) atoms. The number of hydrogen-bond donors (Lipinski definition) is 1. The summed E-state index contributed by atoms with van der Waals surface area (Å²) in [5, 5.41) is 10.8. The molecule has 1 fully saturated rings. The second-order valence-corrected chi connectivity index (χ2v) is 6.87. The van der Waals surface area contributed by atoms with Crippen molar-refractivity contribution in [1.82, 2.24) is 4.90 Å². The van der Waals surface area contributed by atoms with Gasteiger partial charge in [0, 0.05) is 12.1 Å². The number of amides is 1. The van der Waals surface area contributed by atoms with Gasteiger partial charge in [-0.2, -0.15) is 0 Å². The van der Waals surface area contributed by atoms with Crippen molar-refractivity contribution in [2.24, 2.45) is 0 Å². The summed E-state index contributed by atoms with van der Waals surface area (Å²) in [6.45, 7) is 5.88. The van der Waals surface area contributed by atoms with Crippen molar-refractivity contribution in [3.8, 4) is 0 Å². The molecular formula is C21H22FNO5. The van der Waals surface area contributed by atoms with E-state index in [4.69, 9.17) is 9.15 Å². The number of aliphatic hydroxyl groups is 1. The molecule has 1 saturated heterocycles. The summed E-state index contributed by atoms with van der Waals surface area (Å²) in [4.78, 5) is 26.7. The van der Waals surface area contributed by atoms with E-state index in [0.29, 0.717) is 11.5 Å². The van der Waals surface area contributed by atoms with Crippen LogP contribution in [0.1, 0.15) is 37.0 Å². The van der Waals surface area contributed by atoms with E-state index < -0.39 is 23.5 Å². The van der Waals surface area contributed by atoms with Gasteiger partial charge in [0.25, 0.3) is 11.7 Å². The van der Waals surface area contributed by atoms with Gasteiger partial charge in [0.1, 0.15) is 29.1 Å². The molecule has 1 aliphatic heterocycles. The molecule has 1 atom stereocenters. The van der Waals surface area contributed by atoms with Crippen molar-refractivity contribution in [2.75, 3.05) is 13.2 Å². The van der Waals surface area contributed by atoms with Crippen LogP contribution in [-0.4, -0.2) is 41.0 Å². The minimum Gasteiger partial charge on any atom is -0.507 e. The fourth-order valence-electron chi connectivity index (χ4n) is 3.16. The average molecular weight is 387 g/mol. The van der Waals surface area contributed by atoms with Gasteiger partial charge in [0.2, 0.25) is 0 Å². The lowest BCUT2D eigenvalue weighted by molar-refractivity contribution is -0.140. The first-order chi connectivity index (χ1) is 13.3. The highest BCUT2D eigenvalue weighted by Gasteiger charge is 2.47. The summed E-state index contributed by atoms with van der Waals surface area (Å²) in [5.41, 5.74) is 0.154. The number of ether oxygens (including phenoxy) is 1. The topological polar surface area (TPSA) is 80.0 Å². The number of halogens is 1. The number of aliphatic hydroxyl groups excluding tert-OH is 1. The maximum absolute atomic E-state index is 13.2. The van der Waals surface area contributed by atoms with Gasteiger partial charge >= 0.3 is 0 Å². The maximum atomic E-state index is 13.2. The number of rotatable bonds is 6. The van der Waals surface area contributed by atoms with Crippen LogP contribution in [0.4, 0.5) is 4.39 Å². The lowest BCUT2D eigenvalue weighted by Crippen LogP contribution is -2.33. The van der Waals surface area contributed by atoms with E-state index in [1.807, 2.05) is 13.8 Å². The summed E-state index contributed by atoms with van der Waals surface area (Å²) in [6, 6.07) is 7.56. The van der Waals surface area contributed by atoms with Gasteiger partial charge in [-0.1, -0.05) is 0 Å². The van der Waals surface area contributed by atoms with Crippen molar-refractivity contribution in [2.45, 2.75) is 32.9 Å². The van der Waals surface area contributed by atoms with E-state index in [1.165, 1.54) is 29.2 Å². The monoisotopic (exact) mass is 387 g/mol. The van der Waals surface area contributed by atoms with Gasteiger partial charge in [-0.15, -0.1) is 0 Å². The second-order valence-electron chi connectivity index (χ2n) is 6.87. The molecule has 148 valence electrons. The molecule has 0 aliphatic carbocycles. The number of likely N-dealkylation sites (tertiary alicyclic amines) is 1. The fraction of sp³-hybridized carbons (Fsp3) is 0.333. The molecule has 0 saturated carbocycles. The summed E-state index contributed by atoms with van der Waals surface area (Å²) in [7, 11) is 0. The maximum Gasteiger partial charge on any atom is 0.295 e. The number of benzene rings is 1. The molecule has 7 heteroatoms. The number of ketones is 1. The fourth-order valence-corrected chi connectivity index (χ4v) is 3.16. The highest BCUT2D eigenvalue weighted by molar-refractivity contribution is 6.46. The molecule has 1 unspecified atom stereocenters. The number of nitrogens with zero attached hydrogens (tertiary/aromatic N) is 1. The van der Waals surface area contributed by atoms with Crippen molar-refractivity contribution in [1.29, 1.82) is 0 Å². The van der Waals surface area contributed by atoms with Crippen LogP contribution in [0.25, 0.3) is 5.76 Å². The molecule has 1 N–H and O–H groups in total. The van der Waals surface area contributed by atoms with Gasteiger partial charge in [-0.3, -0.25) is 9.59 Å². The highest BCUT2D eigenvalue weighted by Crippen LogP contribution is 2.39. The Bertz CT molecular complexity index is 913. The molecule has 0 spiro atoms. The van der Waals surface area contributed by atoms with Crippen LogP contribution < -0.4 is 0 Å². The van der Waals surface area contributed by atoms with E-state index in [2.05, 4.69) is 0 Å². The third kappa shape index (κ3) is 3.84. The van der Waals surface area contributed by atoms with Crippen LogP contribution in [0.15, 0.2) is 46.4 Å². The molecule has 0 bridgehead atoms. The Morgan fingerprint density at radius 2 is 1.89 bits per heavy atom. The summed E-state index contributed by atoms with van der Waals surface area (Å²) in [6.07, 6.45) is -0.0275. The minimum absolute atomic E-state index is 0.0275. The Morgan fingerprint density at radius 1 is 1.21 bits per heavy atom. The third-order valence-corrected chi connectivity index (χ3v) is 4.47. The van der Waals surface area contributed by atoms with Crippen LogP contribution in [0.2, 0.25) is 0 Å². The Kier molecular flexibility index (Phi) is 5.65. The molecule has 0 radical (unpaired) electrons. The molecule has 3 rings (SSSR count). The first-order valence-corrected chi connectivity index (χ1v) is 9.02. The highest BCUT2D eigenvalue weighted by atomic mass is 19.1. The van der Waals surface area contributed by atoms with E-state index in [1.54, 1.807) is 19.1 Å². The SMILES string of the molecule is Cc1ccc(C2/C(=C(/O)c3ccc(F)cc3)C(=O)C(=O)N2CCOC(C)C)o1. The first-order valence-electron chi connectivity index (χ1n) is 9.02. The van der Waals surface area contributed by atoms with Crippen LogP contribution >= 0.6 is 0 Å². The second kappa shape index (κ2) is 7.98. The number of carbonyl (C=O) groups is 2. The quantitative estimate of drug-likeness (QED) is 0.466. The Balaban J connectivity index is 2.05. The van der Waals surface area contributed by atoms with E-state index >= 15 is 0 Å². The Hall–Kier alpha value is -2.93. The number of carbonyl (C=O) groups excluding carboxylic acids is 2. The molecule has 1 aliphatic rings. The smallest absolute Gasteiger partial charge is 0.295 e. The number of hydrogen-bond acceptors (Lipinski definition) is 5. The average Bonchev–Trinajstić information content (AvgIpc) is 3.18. The molecule has 2 aromatic rings. The predicted octanol–water partition coefficient (Wildman–Crippen LogP) is 3.57. The van der Waals surface area contributed by atoms with E-state index in [0.717, 1.165) is 0 Å². The molecular weight excluding hydrogens is 365 g/mol. The van der Waals surface area contributed by atoms with Crippen LogP contribution in [0.5, 0.6) is 0 Å². The molecule has 1 amide bonds.